The Bertz CT molecular complexity index is 1560. The molecule has 3 N–H and O–H groups in total. The van der Waals surface area contributed by atoms with Gasteiger partial charge in [0.05, 0.1) is 41.2 Å². The van der Waals surface area contributed by atoms with E-state index in [1.165, 1.54) is 28.8 Å². The minimum atomic E-state index is -1.22. The van der Waals surface area contributed by atoms with Crippen LogP contribution in [-0.2, 0) is 15.9 Å². The maximum Gasteiger partial charge on any atom is 0.205 e. The largest absolute Gasteiger partial charge is 0.494 e. The van der Waals surface area contributed by atoms with E-state index in [0.29, 0.717) is 38.9 Å². The first-order valence-electron chi connectivity index (χ1n) is 11.7. The number of benzene rings is 3. The van der Waals surface area contributed by atoms with Crippen LogP contribution in [0.4, 0.5) is 4.39 Å². The Morgan fingerprint density at radius 2 is 1.75 bits per heavy atom. The molecule has 0 radical (unpaired) electrons. The van der Waals surface area contributed by atoms with Gasteiger partial charge in [-0.1, -0.05) is 24.3 Å². The number of aromatic hydroxyl groups is 2. The highest BCUT2D eigenvalue weighted by atomic mass is 19.1. The lowest BCUT2D eigenvalue weighted by atomic mass is 9.76. The van der Waals surface area contributed by atoms with Gasteiger partial charge in [-0.2, -0.15) is 5.26 Å². The van der Waals surface area contributed by atoms with Gasteiger partial charge in [-0.25, -0.2) is 4.39 Å². The maximum absolute atomic E-state index is 13.2. The number of ether oxygens (including phenoxy) is 2. The van der Waals surface area contributed by atoms with Crippen LogP contribution in [0.15, 0.2) is 60.7 Å². The van der Waals surface area contributed by atoms with Crippen molar-refractivity contribution >= 4 is 10.8 Å². The van der Waals surface area contributed by atoms with E-state index in [4.69, 9.17) is 9.47 Å². The number of hydrogen-bond donors (Lipinski definition) is 3. The third-order valence-corrected chi connectivity index (χ3v) is 7.49. The summed E-state index contributed by atoms with van der Waals surface area (Å²) in [7, 11) is 0. The normalized spacial score (nSPS) is 24.1. The second kappa shape index (κ2) is 7.72. The first-order valence-corrected chi connectivity index (χ1v) is 11.7. The van der Waals surface area contributed by atoms with E-state index in [1.54, 1.807) is 19.1 Å². The Balaban J connectivity index is 1.45. The number of aliphatic hydroxyl groups excluding tert-OH is 1. The topological polar surface area (TPSA) is 108 Å². The van der Waals surface area contributed by atoms with Gasteiger partial charge in [-0.15, -0.1) is 0 Å². The van der Waals surface area contributed by atoms with E-state index < -0.39 is 17.3 Å². The molecule has 0 spiro atoms. The Labute approximate surface area is 206 Å². The van der Waals surface area contributed by atoms with E-state index in [1.807, 2.05) is 24.3 Å². The molecule has 3 heterocycles. The molecule has 0 amide bonds. The van der Waals surface area contributed by atoms with Crippen molar-refractivity contribution in [1.29, 1.82) is 5.26 Å². The first-order chi connectivity index (χ1) is 17.3. The number of nitriles is 1. The van der Waals surface area contributed by atoms with Crippen molar-refractivity contribution in [3.8, 4) is 29.3 Å². The number of aliphatic hydroxyl groups is 1. The van der Waals surface area contributed by atoms with Gasteiger partial charge >= 0.3 is 0 Å². The molecule has 36 heavy (non-hydrogen) atoms. The van der Waals surface area contributed by atoms with Crippen LogP contribution in [0.25, 0.3) is 16.5 Å². The predicted molar refractivity (Wildman–Crippen MR) is 129 cm³/mol. The number of aromatic nitrogens is 1. The summed E-state index contributed by atoms with van der Waals surface area (Å²) in [4.78, 5) is 0. The molecule has 182 valence electrons. The maximum atomic E-state index is 13.2. The summed E-state index contributed by atoms with van der Waals surface area (Å²) in [6, 6.07) is 18.5. The molecule has 6 rings (SSSR count). The Kier molecular flexibility index (Phi) is 4.80. The molecule has 0 saturated carbocycles. The quantitative estimate of drug-likeness (QED) is 0.377. The number of halogens is 1. The van der Waals surface area contributed by atoms with E-state index in [-0.39, 0.29) is 37.0 Å². The standard InChI is InChI=1S/C28H23FN2O5/c1-27-22(32)14-28(36-27,12-13-35-18-9-7-17(29)8-10-18)24-23(27)25(33)31(26(24)34)21-11-6-16(15-30)19-4-2-3-5-20(19)21/h2-11,22,32-34H,12-14H2,1H3/t22?,27-,28+/m0/s1. The number of fused-ring (bicyclic) bond motifs is 6. The second-order valence-corrected chi connectivity index (χ2v) is 9.50. The number of nitrogens with zero attached hydrogens (tertiary/aromatic N) is 2. The average Bonchev–Trinajstić information content (AvgIpc) is 3.41. The highest BCUT2D eigenvalue weighted by molar-refractivity contribution is 5.95. The molecule has 3 aromatic carbocycles. The zero-order valence-corrected chi connectivity index (χ0v) is 19.4. The van der Waals surface area contributed by atoms with Gasteiger partial charge in [0.1, 0.15) is 22.8 Å². The predicted octanol–water partition coefficient (Wildman–Crippen LogP) is 4.73. The summed E-state index contributed by atoms with van der Waals surface area (Å²) >= 11 is 0. The van der Waals surface area contributed by atoms with Crippen LogP contribution < -0.4 is 4.74 Å². The highest BCUT2D eigenvalue weighted by Gasteiger charge is 2.66. The number of hydrogen-bond acceptors (Lipinski definition) is 6. The lowest BCUT2D eigenvalue weighted by Gasteiger charge is -2.26. The minimum Gasteiger partial charge on any atom is -0.494 e. The molecule has 0 aliphatic carbocycles. The van der Waals surface area contributed by atoms with Gasteiger partial charge < -0.3 is 24.8 Å². The van der Waals surface area contributed by atoms with Gasteiger partial charge in [0.2, 0.25) is 11.8 Å². The molecular formula is C28H23FN2O5. The molecule has 1 saturated heterocycles. The number of rotatable bonds is 5. The molecule has 8 heteroatoms. The van der Waals surface area contributed by atoms with Crippen molar-refractivity contribution in [2.75, 3.05) is 6.61 Å². The minimum absolute atomic E-state index is 0.180. The summed E-state index contributed by atoms with van der Waals surface area (Å²) in [5, 5.41) is 44.7. The molecule has 4 aromatic rings. The average molecular weight is 486 g/mol. The second-order valence-electron chi connectivity index (χ2n) is 9.50. The van der Waals surface area contributed by atoms with Crippen molar-refractivity contribution in [2.45, 2.75) is 37.1 Å². The van der Waals surface area contributed by atoms with Crippen molar-refractivity contribution in [3.05, 3.63) is 83.2 Å². The third kappa shape index (κ3) is 2.97. The fourth-order valence-corrected chi connectivity index (χ4v) is 5.79. The fraction of sp³-hybridized carbons (Fsp3) is 0.250. The van der Waals surface area contributed by atoms with Crippen molar-refractivity contribution in [1.82, 2.24) is 4.57 Å². The van der Waals surface area contributed by atoms with Crippen molar-refractivity contribution in [3.63, 3.8) is 0 Å². The molecule has 2 aliphatic rings. The van der Waals surface area contributed by atoms with Crippen molar-refractivity contribution < 1.29 is 29.2 Å². The monoisotopic (exact) mass is 486 g/mol. The highest BCUT2D eigenvalue weighted by Crippen LogP contribution is 2.65. The smallest absolute Gasteiger partial charge is 0.205 e. The molecule has 1 aromatic heterocycles. The van der Waals surface area contributed by atoms with E-state index in [9.17, 15) is 25.0 Å². The Morgan fingerprint density at radius 3 is 2.47 bits per heavy atom. The Morgan fingerprint density at radius 1 is 1.06 bits per heavy atom. The van der Waals surface area contributed by atoms with Gasteiger partial charge in [0.15, 0.2) is 0 Å². The van der Waals surface area contributed by atoms with Crippen LogP contribution in [-0.4, -0.2) is 32.6 Å². The molecule has 2 bridgehead atoms. The third-order valence-electron chi connectivity index (χ3n) is 7.49. The van der Waals surface area contributed by atoms with Crippen LogP contribution in [0.5, 0.6) is 17.5 Å². The van der Waals surface area contributed by atoms with E-state index in [2.05, 4.69) is 6.07 Å². The van der Waals surface area contributed by atoms with E-state index in [0.717, 1.165) is 0 Å². The summed E-state index contributed by atoms with van der Waals surface area (Å²) in [5.74, 6) is -0.285. The van der Waals surface area contributed by atoms with Crippen LogP contribution in [0.1, 0.15) is 36.5 Å². The van der Waals surface area contributed by atoms with Crippen LogP contribution in [0.2, 0.25) is 0 Å². The first kappa shape index (κ1) is 22.4. The lowest BCUT2D eigenvalue weighted by molar-refractivity contribution is -0.107. The lowest BCUT2D eigenvalue weighted by Crippen LogP contribution is -2.33. The fourth-order valence-electron chi connectivity index (χ4n) is 5.79. The van der Waals surface area contributed by atoms with Gasteiger partial charge in [-0.3, -0.25) is 4.57 Å². The van der Waals surface area contributed by atoms with Gasteiger partial charge in [0, 0.05) is 23.6 Å². The summed E-state index contributed by atoms with van der Waals surface area (Å²) in [6.45, 7) is 1.88. The molecule has 7 nitrogen and oxygen atoms in total. The molecular weight excluding hydrogens is 463 g/mol. The van der Waals surface area contributed by atoms with Gasteiger partial charge in [0.25, 0.3) is 0 Å². The zero-order chi connectivity index (χ0) is 25.2. The molecule has 2 aliphatic heterocycles. The summed E-state index contributed by atoms with van der Waals surface area (Å²) in [5.41, 5.74) is -0.561. The van der Waals surface area contributed by atoms with Crippen LogP contribution in [0, 0.1) is 17.1 Å². The van der Waals surface area contributed by atoms with Crippen LogP contribution >= 0.6 is 0 Å². The Hall–Kier alpha value is -4.06. The molecule has 1 unspecified atom stereocenters. The SMILES string of the molecule is C[C@]12O[C@](CCOc3ccc(F)cc3)(CC1O)c1c2c(O)n(-c2ccc(C#N)c3ccccc23)c1O. The van der Waals surface area contributed by atoms with Gasteiger partial charge in [-0.05, 0) is 43.3 Å². The molecule has 3 atom stereocenters. The summed E-state index contributed by atoms with van der Waals surface area (Å²) in [6.07, 6.45) is -0.404. The molecule has 1 fully saturated rings. The van der Waals surface area contributed by atoms with Crippen molar-refractivity contribution in [2.24, 2.45) is 0 Å². The van der Waals surface area contributed by atoms with Crippen LogP contribution in [0.3, 0.4) is 0 Å². The zero-order valence-electron chi connectivity index (χ0n) is 19.4. The van der Waals surface area contributed by atoms with E-state index >= 15 is 0 Å². The summed E-state index contributed by atoms with van der Waals surface area (Å²) < 4.78 is 26.7.